The molecule has 4 aromatic carbocycles. The average Bonchev–Trinajstić information content (AvgIpc) is 3.38. The van der Waals surface area contributed by atoms with Crippen molar-refractivity contribution in [3.8, 4) is 28.7 Å². The number of methoxy groups -OCH3 is 1. The van der Waals surface area contributed by atoms with E-state index in [1.54, 1.807) is 66.7 Å². The maximum atomic E-state index is 13.3. The van der Waals surface area contributed by atoms with Gasteiger partial charge in [-0.05, 0) is 48.0 Å². The molecule has 5 rings (SSSR count). The highest BCUT2D eigenvalue weighted by Gasteiger charge is 2.22. The van der Waals surface area contributed by atoms with Crippen LogP contribution in [0.25, 0.3) is 22.0 Å². The monoisotopic (exact) mass is 548 g/mol. The number of amides is 1. The van der Waals surface area contributed by atoms with Crippen molar-refractivity contribution in [2.24, 2.45) is 5.10 Å². The average molecular weight is 549 g/mol. The predicted molar refractivity (Wildman–Crippen MR) is 153 cm³/mol. The molecule has 0 fully saturated rings. The quantitative estimate of drug-likeness (QED) is 0.106. The van der Waals surface area contributed by atoms with Gasteiger partial charge in [-0.1, -0.05) is 60.1 Å². The van der Waals surface area contributed by atoms with Gasteiger partial charge in [-0.15, -0.1) is 0 Å². The second kappa shape index (κ2) is 11.6. The van der Waals surface area contributed by atoms with E-state index < -0.39 is 11.9 Å². The molecule has 0 aliphatic heterocycles. The van der Waals surface area contributed by atoms with Crippen LogP contribution in [0.1, 0.15) is 32.0 Å². The molecule has 0 aliphatic rings. The third-order valence-corrected chi connectivity index (χ3v) is 6.43. The molecular weight excluding hydrogens is 528 g/mol. The molecule has 9 heteroatoms. The number of aromatic amines is 1. The highest BCUT2D eigenvalue weighted by atomic mass is 35.5. The van der Waals surface area contributed by atoms with E-state index in [1.165, 1.54) is 13.3 Å². The maximum Gasteiger partial charge on any atom is 0.343 e. The number of benzene rings is 4. The van der Waals surface area contributed by atoms with Crippen LogP contribution in [0.5, 0.6) is 11.5 Å². The molecule has 8 nitrogen and oxygen atoms in total. The molecule has 0 unspecified atom stereocenters. The summed E-state index contributed by atoms with van der Waals surface area (Å²) < 4.78 is 10.9. The zero-order valence-corrected chi connectivity index (χ0v) is 21.9. The summed E-state index contributed by atoms with van der Waals surface area (Å²) in [5, 5.41) is 14.8. The van der Waals surface area contributed by atoms with Crippen molar-refractivity contribution >= 4 is 40.6 Å². The van der Waals surface area contributed by atoms with Gasteiger partial charge >= 0.3 is 5.97 Å². The molecule has 5 aromatic rings. The summed E-state index contributed by atoms with van der Waals surface area (Å²) in [6, 6.07) is 28.1. The number of esters is 1. The van der Waals surface area contributed by atoms with Gasteiger partial charge in [0.25, 0.3) is 5.91 Å². The molecule has 0 saturated carbocycles. The number of nitrogens with one attached hydrogen (secondary N) is 2. The first-order valence-corrected chi connectivity index (χ1v) is 12.5. The minimum absolute atomic E-state index is 0.212. The minimum atomic E-state index is -0.522. The minimum Gasteiger partial charge on any atom is -0.493 e. The first-order valence-electron chi connectivity index (χ1n) is 12.1. The summed E-state index contributed by atoms with van der Waals surface area (Å²) in [7, 11) is 1.46. The van der Waals surface area contributed by atoms with Gasteiger partial charge in [0.15, 0.2) is 11.5 Å². The second-order valence-electron chi connectivity index (χ2n) is 8.56. The molecule has 0 saturated heterocycles. The van der Waals surface area contributed by atoms with Crippen molar-refractivity contribution < 1.29 is 19.1 Å². The number of nitriles is 1. The third-order valence-electron chi connectivity index (χ3n) is 6.10. The van der Waals surface area contributed by atoms with Crippen molar-refractivity contribution in [2.75, 3.05) is 7.11 Å². The van der Waals surface area contributed by atoms with E-state index in [2.05, 4.69) is 21.6 Å². The Morgan fingerprint density at radius 2 is 1.75 bits per heavy atom. The van der Waals surface area contributed by atoms with Crippen LogP contribution in [0.3, 0.4) is 0 Å². The number of H-pyrrole nitrogens is 1. The van der Waals surface area contributed by atoms with Crippen LogP contribution < -0.4 is 14.9 Å². The smallest absolute Gasteiger partial charge is 0.343 e. The topological polar surface area (TPSA) is 117 Å². The van der Waals surface area contributed by atoms with Crippen LogP contribution >= 0.6 is 11.6 Å². The van der Waals surface area contributed by atoms with Crippen LogP contribution in [-0.4, -0.2) is 30.2 Å². The number of nitrogens with zero attached hydrogens (tertiary/aromatic N) is 2. The Balaban J connectivity index is 1.39. The van der Waals surface area contributed by atoms with Crippen molar-refractivity contribution in [1.82, 2.24) is 10.4 Å². The molecule has 1 amide bonds. The van der Waals surface area contributed by atoms with Gasteiger partial charge in [0.05, 0.1) is 30.0 Å². The van der Waals surface area contributed by atoms with Crippen LogP contribution in [0, 0.1) is 11.3 Å². The van der Waals surface area contributed by atoms with Gasteiger partial charge in [-0.3, -0.25) is 4.79 Å². The highest BCUT2D eigenvalue weighted by Crippen LogP contribution is 2.37. The van der Waals surface area contributed by atoms with E-state index in [4.69, 9.17) is 21.1 Å². The number of carbonyl (C=O) groups is 2. The Kier molecular flexibility index (Phi) is 7.58. The first-order chi connectivity index (χ1) is 19.5. The van der Waals surface area contributed by atoms with Gasteiger partial charge in [-0.25, -0.2) is 10.2 Å². The molecule has 40 heavy (non-hydrogen) atoms. The number of hydrogen-bond donors (Lipinski definition) is 2. The summed E-state index contributed by atoms with van der Waals surface area (Å²) in [6.45, 7) is 0. The Morgan fingerprint density at radius 1 is 0.975 bits per heavy atom. The van der Waals surface area contributed by atoms with Crippen LogP contribution in [0.4, 0.5) is 0 Å². The lowest BCUT2D eigenvalue weighted by molar-refractivity contribution is 0.0729. The summed E-state index contributed by atoms with van der Waals surface area (Å²) in [5.41, 5.74) is 5.87. The van der Waals surface area contributed by atoms with Gasteiger partial charge in [0.1, 0.15) is 11.8 Å². The Morgan fingerprint density at radius 3 is 2.50 bits per heavy atom. The fourth-order valence-electron chi connectivity index (χ4n) is 4.23. The molecule has 0 radical (unpaired) electrons. The normalized spacial score (nSPS) is 10.8. The fraction of sp³-hybridized carbons (Fsp3) is 0.0323. The largest absolute Gasteiger partial charge is 0.493 e. The van der Waals surface area contributed by atoms with Crippen LogP contribution in [0.15, 0.2) is 96.1 Å². The summed E-state index contributed by atoms with van der Waals surface area (Å²) in [4.78, 5) is 28.8. The predicted octanol–water partition coefficient (Wildman–Crippen LogP) is 6.35. The second-order valence-corrected chi connectivity index (χ2v) is 8.97. The molecule has 1 aromatic heterocycles. The van der Waals surface area contributed by atoms with E-state index in [0.29, 0.717) is 49.5 Å². The molecule has 2 N–H and O–H groups in total. The van der Waals surface area contributed by atoms with Gasteiger partial charge in [0, 0.05) is 21.5 Å². The standard InChI is InChI=1S/C31H21ClN4O4/c1-39-26-16-19(14-15-25(26)40-31(38)20-8-3-2-4-9-20)18-34-36-30(37)29-27(22-11-5-6-13-24(22)32)23-12-7-10-21(17-33)28(23)35-29/h2-16,18,35H,1H3,(H,36,37). The lowest BCUT2D eigenvalue weighted by Gasteiger charge is -2.10. The van der Waals surface area contributed by atoms with E-state index in [0.717, 1.165) is 0 Å². The van der Waals surface area contributed by atoms with Crippen molar-refractivity contribution in [1.29, 1.82) is 5.26 Å². The summed E-state index contributed by atoms with van der Waals surface area (Å²) in [5.74, 6) is -0.472. The SMILES string of the molecule is COc1cc(C=NNC(=O)c2[nH]c3c(C#N)cccc3c2-c2ccccc2Cl)ccc1OC(=O)c1ccccc1. The molecule has 0 bridgehead atoms. The number of aromatic nitrogens is 1. The number of rotatable bonds is 7. The number of hydrazone groups is 1. The molecule has 0 atom stereocenters. The Labute approximate surface area is 234 Å². The van der Waals surface area contributed by atoms with Crippen LogP contribution in [0.2, 0.25) is 5.02 Å². The Hall–Kier alpha value is -5.39. The van der Waals surface area contributed by atoms with Crippen molar-refractivity contribution in [3.63, 3.8) is 0 Å². The third kappa shape index (κ3) is 5.27. The molecule has 0 aliphatic carbocycles. The summed E-state index contributed by atoms with van der Waals surface area (Å²) in [6.07, 6.45) is 1.43. The van der Waals surface area contributed by atoms with Crippen molar-refractivity contribution in [3.05, 3.63) is 118 Å². The number of hydrogen-bond acceptors (Lipinski definition) is 6. The molecule has 0 spiro atoms. The lowest BCUT2D eigenvalue weighted by atomic mass is 10.0. The number of para-hydroxylation sites is 1. The molecular formula is C31H21ClN4O4. The van der Waals surface area contributed by atoms with Gasteiger partial charge in [0.2, 0.25) is 0 Å². The molecule has 196 valence electrons. The Bertz CT molecular complexity index is 1810. The number of halogens is 1. The molecule has 1 heterocycles. The number of ether oxygens (including phenoxy) is 2. The zero-order chi connectivity index (χ0) is 28.1. The van der Waals surface area contributed by atoms with Crippen LogP contribution in [-0.2, 0) is 0 Å². The number of carbonyl (C=O) groups excluding carboxylic acids is 2. The zero-order valence-electron chi connectivity index (χ0n) is 21.1. The fourth-order valence-corrected chi connectivity index (χ4v) is 4.46. The van der Waals surface area contributed by atoms with E-state index in [9.17, 15) is 14.9 Å². The number of fused-ring (bicyclic) bond motifs is 1. The van der Waals surface area contributed by atoms with Gasteiger partial charge in [-0.2, -0.15) is 10.4 Å². The van der Waals surface area contributed by atoms with E-state index >= 15 is 0 Å². The highest BCUT2D eigenvalue weighted by molar-refractivity contribution is 6.34. The lowest BCUT2D eigenvalue weighted by Crippen LogP contribution is -2.19. The van der Waals surface area contributed by atoms with Crippen molar-refractivity contribution in [2.45, 2.75) is 0 Å². The van der Waals surface area contributed by atoms with Gasteiger partial charge < -0.3 is 14.5 Å². The van der Waals surface area contributed by atoms with E-state index in [1.807, 2.05) is 24.3 Å². The maximum absolute atomic E-state index is 13.3. The first kappa shape index (κ1) is 26.2. The summed E-state index contributed by atoms with van der Waals surface area (Å²) >= 11 is 6.47. The van der Waals surface area contributed by atoms with E-state index in [-0.39, 0.29) is 11.4 Å².